The van der Waals surface area contributed by atoms with Crippen LogP contribution in [-0.4, -0.2) is 9.97 Å². The van der Waals surface area contributed by atoms with Gasteiger partial charge in [0.25, 0.3) is 0 Å². The number of thiazole rings is 2. The van der Waals surface area contributed by atoms with E-state index in [0.29, 0.717) is 0 Å². The van der Waals surface area contributed by atoms with Crippen LogP contribution in [-0.2, 0) is 0 Å². The predicted molar refractivity (Wildman–Crippen MR) is 55.0 cm³/mol. The standard InChI is InChI=1S/C8H9N3S2/c1-5-11-4-6(13-5)7(9)8-10-2-3-12-8/h2-4,7H,9H2,1H3. The average molecular weight is 211 g/mol. The van der Waals surface area contributed by atoms with Crippen molar-refractivity contribution in [2.75, 3.05) is 0 Å². The lowest BCUT2D eigenvalue weighted by Crippen LogP contribution is -2.09. The monoisotopic (exact) mass is 211 g/mol. The molecular formula is C8H9N3S2. The predicted octanol–water partition coefficient (Wildman–Crippen LogP) is 1.96. The molecule has 2 rings (SSSR count). The Kier molecular flexibility index (Phi) is 2.39. The molecule has 1 atom stereocenters. The van der Waals surface area contributed by atoms with E-state index < -0.39 is 0 Å². The smallest absolute Gasteiger partial charge is 0.115 e. The van der Waals surface area contributed by atoms with Crippen LogP contribution in [0.5, 0.6) is 0 Å². The van der Waals surface area contributed by atoms with Crippen molar-refractivity contribution >= 4 is 22.7 Å². The Hall–Kier alpha value is -0.780. The molecule has 0 bridgehead atoms. The number of hydrogen-bond donors (Lipinski definition) is 1. The highest BCUT2D eigenvalue weighted by Crippen LogP contribution is 2.25. The molecule has 2 heterocycles. The summed E-state index contributed by atoms with van der Waals surface area (Å²) >= 11 is 3.20. The van der Waals surface area contributed by atoms with Crippen LogP contribution in [0.2, 0.25) is 0 Å². The summed E-state index contributed by atoms with van der Waals surface area (Å²) in [5.41, 5.74) is 5.99. The fourth-order valence-electron chi connectivity index (χ4n) is 1.03. The molecule has 5 heteroatoms. The summed E-state index contributed by atoms with van der Waals surface area (Å²) in [6.45, 7) is 1.97. The molecule has 0 aliphatic rings. The summed E-state index contributed by atoms with van der Waals surface area (Å²) in [6.07, 6.45) is 3.60. The van der Waals surface area contributed by atoms with Crippen molar-refractivity contribution in [1.29, 1.82) is 0 Å². The SMILES string of the molecule is Cc1ncc(C(N)c2nccs2)s1. The minimum absolute atomic E-state index is 0.105. The van der Waals surface area contributed by atoms with Gasteiger partial charge in [-0.1, -0.05) is 0 Å². The molecule has 0 saturated heterocycles. The lowest BCUT2D eigenvalue weighted by Gasteiger charge is -2.03. The quantitative estimate of drug-likeness (QED) is 0.826. The molecule has 1 unspecified atom stereocenters. The molecule has 2 N–H and O–H groups in total. The molecule has 0 aromatic carbocycles. The van der Waals surface area contributed by atoms with Gasteiger partial charge in [0.15, 0.2) is 0 Å². The van der Waals surface area contributed by atoms with Crippen LogP contribution in [0.3, 0.4) is 0 Å². The average Bonchev–Trinajstić information content (AvgIpc) is 2.72. The highest BCUT2D eigenvalue weighted by molar-refractivity contribution is 7.12. The molecule has 0 saturated carbocycles. The minimum atomic E-state index is -0.105. The van der Waals surface area contributed by atoms with E-state index in [4.69, 9.17) is 5.73 Å². The third-order valence-electron chi connectivity index (χ3n) is 1.66. The highest BCUT2D eigenvalue weighted by Gasteiger charge is 2.13. The van der Waals surface area contributed by atoms with Crippen LogP contribution in [0.15, 0.2) is 17.8 Å². The maximum Gasteiger partial charge on any atom is 0.115 e. The Labute approximate surface area is 84.3 Å². The first kappa shape index (κ1) is 8.80. The number of rotatable bonds is 2. The van der Waals surface area contributed by atoms with Crippen molar-refractivity contribution in [3.63, 3.8) is 0 Å². The molecule has 0 aliphatic heterocycles. The summed E-state index contributed by atoms with van der Waals surface area (Å²) in [4.78, 5) is 9.41. The van der Waals surface area contributed by atoms with Crippen molar-refractivity contribution in [2.45, 2.75) is 13.0 Å². The number of nitrogens with zero attached hydrogens (tertiary/aromatic N) is 2. The Balaban J connectivity index is 2.28. The van der Waals surface area contributed by atoms with Crippen molar-refractivity contribution < 1.29 is 0 Å². The van der Waals surface area contributed by atoms with Gasteiger partial charge in [0.2, 0.25) is 0 Å². The van der Waals surface area contributed by atoms with Gasteiger partial charge < -0.3 is 5.73 Å². The van der Waals surface area contributed by atoms with Gasteiger partial charge in [-0.15, -0.1) is 22.7 Å². The van der Waals surface area contributed by atoms with E-state index in [1.807, 2.05) is 18.5 Å². The number of hydrogen-bond acceptors (Lipinski definition) is 5. The Morgan fingerprint density at radius 3 is 2.85 bits per heavy atom. The van der Waals surface area contributed by atoms with Gasteiger partial charge >= 0.3 is 0 Å². The lowest BCUT2D eigenvalue weighted by molar-refractivity contribution is 0.874. The van der Waals surface area contributed by atoms with Crippen LogP contribution in [0, 0.1) is 6.92 Å². The van der Waals surface area contributed by atoms with Gasteiger partial charge in [-0.05, 0) is 6.92 Å². The van der Waals surface area contributed by atoms with Crippen molar-refractivity contribution in [3.05, 3.63) is 32.7 Å². The molecular weight excluding hydrogens is 202 g/mol. The third-order valence-corrected chi connectivity index (χ3v) is 3.52. The van der Waals surface area contributed by atoms with Gasteiger partial charge in [0, 0.05) is 22.7 Å². The molecule has 68 valence electrons. The zero-order valence-electron chi connectivity index (χ0n) is 7.10. The molecule has 2 aromatic rings. The second kappa shape index (κ2) is 3.53. The summed E-state index contributed by atoms with van der Waals surface area (Å²) < 4.78 is 0. The van der Waals surface area contributed by atoms with Crippen molar-refractivity contribution in [2.24, 2.45) is 5.73 Å². The van der Waals surface area contributed by atoms with E-state index in [9.17, 15) is 0 Å². The second-order valence-electron chi connectivity index (χ2n) is 2.63. The first-order valence-corrected chi connectivity index (χ1v) is 5.54. The molecule has 0 spiro atoms. The highest BCUT2D eigenvalue weighted by atomic mass is 32.1. The Bertz CT molecular complexity index is 380. The largest absolute Gasteiger partial charge is 0.318 e. The zero-order chi connectivity index (χ0) is 9.26. The summed E-state index contributed by atoms with van der Waals surface area (Å²) in [5, 5.41) is 3.92. The first-order chi connectivity index (χ1) is 6.27. The van der Waals surface area contributed by atoms with Gasteiger partial charge in [-0.3, -0.25) is 0 Å². The maximum absolute atomic E-state index is 5.99. The second-order valence-corrected chi connectivity index (χ2v) is 4.82. The molecule has 2 aromatic heterocycles. The Morgan fingerprint density at radius 2 is 2.31 bits per heavy atom. The molecule has 0 radical (unpaired) electrons. The van der Waals surface area contributed by atoms with Gasteiger partial charge in [0.1, 0.15) is 5.01 Å². The molecule has 0 amide bonds. The first-order valence-electron chi connectivity index (χ1n) is 3.84. The Morgan fingerprint density at radius 1 is 1.46 bits per heavy atom. The van der Waals surface area contributed by atoms with E-state index in [0.717, 1.165) is 14.9 Å². The fraction of sp³-hybridized carbons (Fsp3) is 0.250. The van der Waals surface area contributed by atoms with Crippen molar-refractivity contribution in [3.8, 4) is 0 Å². The van der Waals surface area contributed by atoms with Gasteiger partial charge in [-0.2, -0.15) is 0 Å². The van der Waals surface area contributed by atoms with Crippen LogP contribution >= 0.6 is 22.7 Å². The van der Waals surface area contributed by atoms with E-state index in [2.05, 4.69) is 9.97 Å². The van der Waals surface area contributed by atoms with E-state index in [-0.39, 0.29) is 6.04 Å². The van der Waals surface area contributed by atoms with Crippen LogP contribution in [0.25, 0.3) is 0 Å². The van der Waals surface area contributed by atoms with Crippen LogP contribution < -0.4 is 5.73 Å². The summed E-state index contributed by atoms with van der Waals surface area (Å²) in [6, 6.07) is -0.105. The van der Waals surface area contributed by atoms with Crippen molar-refractivity contribution in [1.82, 2.24) is 9.97 Å². The molecule has 13 heavy (non-hydrogen) atoms. The van der Waals surface area contributed by atoms with Crippen LogP contribution in [0.4, 0.5) is 0 Å². The van der Waals surface area contributed by atoms with Gasteiger partial charge in [-0.25, -0.2) is 9.97 Å². The lowest BCUT2D eigenvalue weighted by atomic mass is 10.3. The normalized spacial score (nSPS) is 13.1. The third kappa shape index (κ3) is 1.77. The molecule has 3 nitrogen and oxygen atoms in total. The summed E-state index contributed by atoms with van der Waals surface area (Å²) in [5.74, 6) is 0. The summed E-state index contributed by atoms with van der Waals surface area (Å²) in [7, 11) is 0. The number of nitrogens with two attached hydrogens (primary N) is 1. The van der Waals surface area contributed by atoms with E-state index in [1.165, 1.54) is 0 Å². The number of aromatic nitrogens is 2. The minimum Gasteiger partial charge on any atom is -0.318 e. The van der Waals surface area contributed by atoms with E-state index >= 15 is 0 Å². The molecule has 0 fully saturated rings. The zero-order valence-corrected chi connectivity index (χ0v) is 8.73. The van der Waals surface area contributed by atoms with E-state index in [1.54, 1.807) is 28.9 Å². The molecule has 0 aliphatic carbocycles. The van der Waals surface area contributed by atoms with Crippen LogP contribution in [0.1, 0.15) is 20.9 Å². The van der Waals surface area contributed by atoms with Gasteiger partial charge in [0.05, 0.1) is 11.0 Å². The maximum atomic E-state index is 5.99. The fourth-order valence-corrected chi connectivity index (χ4v) is 2.55. The number of aryl methyl sites for hydroxylation is 1. The topological polar surface area (TPSA) is 51.8 Å².